The van der Waals surface area contributed by atoms with Crippen LogP contribution in [-0.2, 0) is 27.9 Å². The third-order valence-electron chi connectivity index (χ3n) is 7.28. The molecule has 0 aliphatic rings. The van der Waals surface area contributed by atoms with Crippen molar-refractivity contribution < 1.29 is 43.0 Å². The van der Waals surface area contributed by atoms with Gasteiger partial charge < -0.3 is 24.6 Å². The number of unbranched alkanes of at least 4 members (excludes halogenated alkanes) is 5. The zero-order valence-corrected chi connectivity index (χ0v) is 32.9. The zero-order valence-electron chi connectivity index (χ0n) is 32.0. The highest BCUT2D eigenvalue weighted by Gasteiger charge is 2.26. The van der Waals surface area contributed by atoms with Gasteiger partial charge in [-0.25, -0.2) is 4.57 Å². The monoisotopic (exact) mass is 748 g/mol. The molecule has 0 bridgehead atoms. The first-order valence-corrected chi connectivity index (χ1v) is 20.7. The van der Waals surface area contributed by atoms with E-state index in [-0.39, 0.29) is 13.0 Å². The number of hydrogen-bond donors (Lipinski definition) is 3. The Morgan fingerprint density at radius 1 is 0.596 bits per heavy atom. The Labute approximate surface area is 315 Å². The van der Waals surface area contributed by atoms with Gasteiger partial charge in [0.1, 0.15) is 12.2 Å². The maximum atomic E-state index is 12.6. The van der Waals surface area contributed by atoms with E-state index in [1.807, 2.05) is 6.08 Å². The van der Waals surface area contributed by atoms with E-state index in [1.54, 1.807) is 0 Å². The van der Waals surface area contributed by atoms with Crippen molar-refractivity contribution in [3.05, 3.63) is 97.2 Å². The predicted molar refractivity (Wildman–Crippen MR) is 214 cm³/mol. The van der Waals surface area contributed by atoms with Gasteiger partial charge in [-0.1, -0.05) is 130 Å². The molecule has 0 aromatic rings. The second kappa shape index (κ2) is 38.1. The first-order valence-electron chi connectivity index (χ1n) is 19.2. The summed E-state index contributed by atoms with van der Waals surface area (Å²) in [6.45, 7) is 2.99. The van der Waals surface area contributed by atoms with Crippen molar-refractivity contribution in [3.8, 4) is 0 Å². The molecule has 52 heavy (non-hydrogen) atoms. The van der Waals surface area contributed by atoms with Crippen LogP contribution in [0.25, 0.3) is 0 Å². The Balaban J connectivity index is 4.42. The van der Waals surface area contributed by atoms with Crippen molar-refractivity contribution in [2.24, 2.45) is 0 Å². The minimum atomic E-state index is -4.54. The normalized spacial score (nSPS) is 15.2. The number of esters is 1. The van der Waals surface area contributed by atoms with Gasteiger partial charge in [-0.3, -0.25) is 13.8 Å². The van der Waals surface area contributed by atoms with Gasteiger partial charge in [0.15, 0.2) is 0 Å². The molecule has 0 aromatic heterocycles. The van der Waals surface area contributed by atoms with Crippen LogP contribution in [0.3, 0.4) is 0 Å². The molecular formula is C42H69O9P. The van der Waals surface area contributed by atoms with Crippen LogP contribution in [0, 0.1) is 0 Å². The lowest BCUT2D eigenvalue weighted by Gasteiger charge is -2.20. The summed E-state index contributed by atoms with van der Waals surface area (Å²) in [6, 6.07) is 0. The molecule has 296 valence electrons. The van der Waals surface area contributed by atoms with E-state index in [0.717, 1.165) is 83.5 Å². The van der Waals surface area contributed by atoms with Crippen molar-refractivity contribution in [2.45, 2.75) is 129 Å². The lowest BCUT2D eigenvalue weighted by Crippen LogP contribution is -2.29. The molecule has 9 nitrogen and oxygen atoms in total. The molecular weight excluding hydrogens is 679 g/mol. The number of allylic oxidation sites excluding steroid dienone is 15. The van der Waals surface area contributed by atoms with E-state index in [1.165, 1.54) is 0 Å². The Bertz CT molecular complexity index is 1120. The maximum absolute atomic E-state index is 12.6. The van der Waals surface area contributed by atoms with Gasteiger partial charge in [-0.15, -0.1) is 0 Å². The van der Waals surface area contributed by atoms with Crippen molar-refractivity contribution in [1.82, 2.24) is 0 Å². The summed E-state index contributed by atoms with van der Waals surface area (Å²) in [5.41, 5.74) is 0. The Morgan fingerprint density at radius 3 is 1.56 bits per heavy atom. The standard InChI is InChI=1S/C42H69O9P/c1-3-5-7-9-11-13-15-17-19-21-23-25-27-29-31-33-35-48-38-41(39-50-52(46,47)49-37-40(44)36-43)51-42(45)34-32-30-28-26-24-22-20-18-16-14-12-10-8-6-4-2/h5-8,11-14,17-20,23,25,29,31,40-41,43-44H,3-4,9-10,15-16,21-22,24,26-28,30,32-39H2,1-2H3,(H,46,47)/b7-5-,8-6-,13-11-,14-12-,19-17-,20-18-,25-23-,31-29-. The number of ether oxygens (including phenoxy) is 2. The van der Waals surface area contributed by atoms with Crippen LogP contribution in [0.2, 0.25) is 0 Å². The second-order valence-electron chi connectivity index (χ2n) is 12.2. The molecule has 0 aromatic carbocycles. The molecule has 10 heteroatoms. The van der Waals surface area contributed by atoms with Crippen molar-refractivity contribution in [3.63, 3.8) is 0 Å². The summed E-state index contributed by atoms with van der Waals surface area (Å²) >= 11 is 0. The summed E-state index contributed by atoms with van der Waals surface area (Å²) in [5, 5.41) is 18.3. The highest BCUT2D eigenvalue weighted by atomic mass is 31.2. The summed E-state index contributed by atoms with van der Waals surface area (Å²) < 4.78 is 33.1. The average Bonchev–Trinajstić information content (AvgIpc) is 3.13. The van der Waals surface area contributed by atoms with Gasteiger partial charge in [0.25, 0.3) is 0 Å². The van der Waals surface area contributed by atoms with E-state index in [9.17, 15) is 19.4 Å². The molecule has 0 rings (SSSR count). The van der Waals surface area contributed by atoms with Crippen LogP contribution in [0.1, 0.15) is 117 Å². The zero-order chi connectivity index (χ0) is 38.2. The molecule has 0 heterocycles. The summed E-state index contributed by atoms with van der Waals surface area (Å²) in [7, 11) is -4.54. The number of phosphoric ester groups is 1. The smallest absolute Gasteiger partial charge is 0.457 e. The Morgan fingerprint density at radius 2 is 1.04 bits per heavy atom. The van der Waals surface area contributed by atoms with Gasteiger partial charge in [0, 0.05) is 6.42 Å². The van der Waals surface area contributed by atoms with E-state index in [2.05, 4.69) is 105 Å². The van der Waals surface area contributed by atoms with Crippen molar-refractivity contribution in [1.29, 1.82) is 0 Å². The molecule has 0 aliphatic heterocycles. The summed E-state index contributed by atoms with van der Waals surface area (Å²) in [4.78, 5) is 22.5. The first-order chi connectivity index (χ1) is 25.3. The van der Waals surface area contributed by atoms with E-state index in [4.69, 9.17) is 23.6 Å². The van der Waals surface area contributed by atoms with Crippen LogP contribution in [0.15, 0.2) is 97.2 Å². The van der Waals surface area contributed by atoms with E-state index < -0.39 is 45.8 Å². The molecule has 0 aliphatic carbocycles. The number of rotatable bonds is 35. The Kier molecular flexibility index (Phi) is 36.2. The molecule has 0 spiro atoms. The second-order valence-corrected chi connectivity index (χ2v) is 13.6. The Hall–Kier alpha value is -2.62. The molecule has 0 radical (unpaired) electrons. The SMILES string of the molecule is CC/C=C\C/C=C\C/C=C\C/C=C\C/C=C\CCOCC(COP(=O)(O)OCC(O)CO)OC(=O)CCCCCCC/C=C\C/C=C\C/C=C\CC. The minimum absolute atomic E-state index is 0.0189. The van der Waals surface area contributed by atoms with Gasteiger partial charge >= 0.3 is 13.8 Å². The van der Waals surface area contributed by atoms with E-state index >= 15 is 0 Å². The third-order valence-corrected chi connectivity index (χ3v) is 8.24. The molecule has 3 unspecified atom stereocenters. The molecule has 0 amide bonds. The van der Waals surface area contributed by atoms with Gasteiger partial charge in [0.2, 0.25) is 0 Å². The number of aliphatic hydroxyl groups excluding tert-OH is 2. The topological polar surface area (TPSA) is 132 Å². The molecule has 0 saturated heterocycles. The number of aliphatic hydroxyl groups is 2. The van der Waals surface area contributed by atoms with Crippen LogP contribution in [-0.4, -0.2) is 66.3 Å². The average molecular weight is 749 g/mol. The fourth-order valence-electron chi connectivity index (χ4n) is 4.43. The molecule has 3 N–H and O–H groups in total. The highest BCUT2D eigenvalue weighted by molar-refractivity contribution is 7.47. The first kappa shape index (κ1) is 49.4. The summed E-state index contributed by atoms with van der Waals surface area (Å²) in [6.07, 6.45) is 46.7. The largest absolute Gasteiger partial charge is 0.472 e. The quantitative estimate of drug-likeness (QED) is 0.0251. The molecule has 0 fully saturated rings. The number of phosphoric acid groups is 1. The van der Waals surface area contributed by atoms with Crippen LogP contribution in [0.5, 0.6) is 0 Å². The van der Waals surface area contributed by atoms with Crippen LogP contribution >= 0.6 is 7.82 Å². The lowest BCUT2D eigenvalue weighted by atomic mass is 10.1. The van der Waals surface area contributed by atoms with Crippen LogP contribution in [0.4, 0.5) is 0 Å². The third kappa shape index (κ3) is 37.1. The van der Waals surface area contributed by atoms with Gasteiger partial charge in [-0.05, 0) is 77.0 Å². The minimum Gasteiger partial charge on any atom is -0.457 e. The predicted octanol–water partition coefficient (Wildman–Crippen LogP) is 10.1. The molecule has 0 saturated carbocycles. The summed E-state index contributed by atoms with van der Waals surface area (Å²) in [5.74, 6) is -0.430. The van der Waals surface area contributed by atoms with Crippen molar-refractivity contribution in [2.75, 3.05) is 33.0 Å². The maximum Gasteiger partial charge on any atom is 0.472 e. The van der Waals surface area contributed by atoms with Gasteiger partial charge in [-0.2, -0.15) is 0 Å². The number of hydrogen-bond acceptors (Lipinski definition) is 8. The fraction of sp³-hybridized carbons (Fsp3) is 0.595. The lowest BCUT2D eigenvalue weighted by molar-refractivity contribution is -0.154. The number of carbonyl (C=O) groups excluding carboxylic acids is 1. The highest BCUT2D eigenvalue weighted by Crippen LogP contribution is 2.43. The van der Waals surface area contributed by atoms with Crippen LogP contribution < -0.4 is 0 Å². The van der Waals surface area contributed by atoms with Crippen molar-refractivity contribution >= 4 is 13.8 Å². The van der Waals surface area contributed by atoms with E-state index in [0.29, 0.717) is 19.4 Å². The fourth-order valence-corrected chi connectivity index (χ4v) is 5.22. The van der Waals surface area contributed by atoms with Gasteiger partial charge in [0.05, 0.1) is 33.0 Å². The molecule has 3 atom stereocenters. The number of carbonyl (C=O) groups is 1.